The molecule has 0 aromatic heterocycles. The van der Waals surface area contributed by atoms with Crippen LogP contribution < -0.4 is 11.5 Å². The molecule has 8 nitrogen and oxygen atoms in total. The second-order valence-corrected chi connectivity index (χ2v) is 3.93. The maximum Gasteiger partial charge on any atom is 0.306 e. The molecular formula is C12H21ClN2O6. The van der Waals surface area contributed by atoms with E-state index in [0.717, 1.165) is 0 Å². The maximum absolute atomic E-state index is 11.1. The standard InChI is InChI=1S/C12H20N2O6.ClH/c13-7-9(15)1-3-11(17)19-5-6-20-12(18)4-2-10(16)8-14;/h1-8,13-14H2;1H. The smallest absolute Gasteiger partial charge is 0.306 e. The SMILES string of the molecule is Cl.NCC(=O)CCC(=O)OCCOC(=O)CCC(=O)CN. The fourth-order valence-electron chi connectivity index (χ4n) is 1.14. The van der Waals surface area contributed by atoms with Crippen LogP contribution in [-0.4, -0.2) is 49.8 Å². The van der Waals surface area contributed by atoms with Crippen molar-refractivity contribution in [1.29, 1.82) is 0 Å². The molecule has 0 aliphatic heterocycles. The molecule has 0 fully saturated rings. The summed E-state index contributed by atoms with van der Waals surface area (Å²) in [7, 11) is 0. The Balaban J connectivity index is 0. The monoisotopic (exact) mass is 324 g/mol. The molecule has 0 saturated carbocycles. The lowest BCUT2D eigenvalue weighted by molar-refractivity contribution is -0.152. The van der Waals surface area contributed by atoms with Gasteiger partial charge in [-0.25, -0.2) is 0 Å². The number of esters is 2. The molecule has 0 aliphatic carbocycles. The summed E-state index contributed by atoms with van der Waals surface area (Å²) in [6, 6.07) is 0. The van der Waals surface area contributed by atoms with Gasteiger partial charge in [-0.1, -0.05) is 0 Å². The van der Waals surface area contributed by atoms with Crippen LogP contribution in [0.25, 0.3) is 0 Å². The molecule has 21 heavy (non-hydrogen) atoms. The van der Waals surface area contributed by atoms with Crippen molar-refractivity contribution in [3.63, 3.8) is 0 Å². The summed E-state index contributed by atoms with van der Waals surface area (Å²) in [5.74, 6) is -1.56. The average Bonchev–Trinajstić information content (AvgIpc) is 2.46. The highest BCUT2D eigenvalue weighted by atomic mass is 35.5. The molecular weight excluding hydrogens is 304 g/mol. The highest BCUT2D eigenvalue weighted by molar-refractivity contribution is 5.85. The summed E-state index contributed by atoms with van der Waals surface area (Å²) in [6.45, 7) is -0.392. The molecule has 0 aromatic rings. The number of rotatable bonds is 11. The third kappa shape index (κ3) is 13.2. The van der Waals surface area contributed by atoms with E-state index >= 15 is 0 Å². The van der Waals surface area contributed by atoms with Gasteiger partial charge >= 0.3 is 11.9 Å². The molecule has 122 valence electrons. The van der Waals surface area contributed by atoms with Crippen molar-refractivity contribution < 1.29 is 28.7 Å². The number of hydrogen-bond donors (Lipinski definition) is 2. The number of Topliss-reactive ketones (excluding diaryl/α,β-unsaturated/α-hetero) is 2. The minimum atomic E-state index is -0.554. The number of carbonyl (C=O) groups excluding carboxylic acids is 4. The lowest BCUT2D eigenvalue weighted by atomic mass is 10.2. The first-order chi connectivity index (χ1) is 9.49. The van der Waals surface area contributed by atoms with Crippen molar-refractivity contribution in [2.75, 3.05) is 26.3 Å². The van der Waals surface area contributed by atoms with E-state index < -0.39 is 11.9 Å². The van der Waals surface area contributed by atoms with Gasteiger partial charge < -0.3 is 20.9 Å². The average molecular weight is 325 g/mol. The van der Waals surface area contributed by atoms with Crippen molar-refractivity contribution in [2.24, 2.45) is 11.5 Å². The van der Waals surface area contributed by atoms with E-state index in [9.17, 15) is 19.2 Å². The molecule has 0 unspecified atom stereocenters. The molecule has 0 amide bonds. The Morgan fingerprint density at radius 3 is 1.29 bits per heavy atom. The van der Waals surface area contributed by atoms with Gasteiger partial charge in [-0.3, -0.25) is 19.2 Å². The van der Waals surface area contributed by atoms with Gasteiger partial charge in [0.05, 0.1) is 25.9 Å². The van der Waals surface area contributed by atoms with Gasteiger partial charge in [0.1, 0.15) is 24.8 Å². The van der Waals surface area contributed by atoms with Crippen LogP contribution >= 0.6 is 12.4 Å². The summed E-state index contributed by atoms with van der Waals surface area (Å²) in [6.07, 6.45) is -0.0173. The second-order valence-electron chi connectivity index (χ2n) is 3.93. The van der Waals surface area contributed by atoms with Crippen LogP contribution in [0.1, 0.15) is 25.7 Å². The summed E-state index contributed by atoms with van der Waals surface area (Å²) >= 11 is 0. The molecule has 0 saturated heterocycles. The second kappa shape index (κ2) is 13.5. The largest absolute Gasteiger partial charge is 0.462 e. The predicted octanol–water partition coefficient (Wildman–Crippen LogP) is -0.889. The fraction of sp³-hybridized carbons (Fsp3) is 0.667. The zero-order chi connectivity index (χ0) is 15.4. The first-order valence-corrected chi connectivity index (χ1v) is 6.24. The van der Waals surface area contributed by atoms with Crippen LogP contribution in [0.2, 0.25) is 0 Å². The van der Waals surface area contributed by atoms with Crippen molar-refractivity contribution in [2.45, 2.75) is 25.7 Å². The van der Waals surface area contributed by atoms with E-state index in [-0.39, 0.29) is 76.0 Å². The number of ketones is 2. The Kier molecular flexibility index (Phi) is 14.0. The van der Waals surface area contributed by atoms with E-state index in [0.29, 0.717) is 0 Å². The topological polar surface area (TPSA) is 139 Å². The van der Waals surface area contributed by atoms with Crippen molar-refractivity contribution >= 4 is 35.9 Å². The van der Waals surface area contributed by atoms with Gasteiger partial charge in [-0.2, -0.15) is 0 Å². The first-order valence-electron chi connectivity index (χ1n) is 6.24. The zero-order valence-electron chi connectivity index (χ0n) is 11.7. The fourth-order valence-corrected chi connectivity index (χ4v) is 1.14. The van der Waals surface area contributed by atoms with Crippen LogP contribution in [0.5, 0.6) is 0 Å². The first kappa shape index (κ1) is 21.8. The van der Waals surface area contributed by atoms with Gasteiger partial charge in [0.2, 0.25) is 0 Å². The van der Waals surface area contributed by atoms with E-state index in [1.54, 1.807) is 0 Å². The molecule has 0 radical (unpaired) electrons. The summed E-state index contributed by atoms with van der Waals surface area (Å²) in [5, 5.41) is 0. The lowest BCUT2D eigenvalue weighted by Gasteiger charge is -2.06. The highest BCUT2D eigenvalue weighted by Crippen LogP contribution is 1.96. The van der Waals surface area contributed by atoms with Gasteiger partial charge in [0, 0.05) is 12.8 Å². The predicted molar refractivity (Wildman–Crippen MR) is 75.8 cm³/mol. The van der Waals surface area contributed by atoms with Gasteiger partial charge in [-0.15, -0.1) is 12.4 Å². The maximum atomic E-state index is 11.1. The van der Waals surface area contributed by atoms with E-state index in [1.807, 2.05) is 0 Å². The molecule has 0 rings (SSSR count). The van der Waals surface area contributed by atoms with Crippen molar-refractivity contribution in [1.82, 2.24) is 0 Å². The van der Waals surface area contributed by atoms with Gasteiger partial charge in [0.25, 0.3) is 0 Å². The van der Waals surface area contributed by atoms with E-state index in [1.165, 1.54) is 0 Å². The molecule has 0 spiro atoms. The molecule has 0 bridgehead atoms. The van der Waals surface area contributed by atoms with Crippen LogP contribution in [0, 0.1) is 0 Å². The number of ether oxygens (including phenoxy) is 2. The van der Waals surface area contributed by atoms with Gasteiger partial charge in [-0.05, 0) is 0 Å². The van der Waals surface area contributed by atoms with Crippen LogP contribution in [-0.2, 0) is 28.7 Å². The third-order valence-electron chi connectivity index (χ3n) is 2.28. The van der Waals surface area contributed by atoms with Crippen LogP contribution in [0.15, 0.2) is 0 Å². The van der Waals surface area contributed by atoms with Crippen LogP contribution in [0.4, 0.5) is 0 Å². The molecule has 0 aliphatic rings. The molecule has 0 heterocycles. The van der Waals surface area contributed by atoms with E-state index in [4.69, 9.17) is 20.9 Å². The Morgan fingerprint density at radius 1 is 0.667 bits per heavy atom. The molecule has 0 aromatic carbocycles. The number of nitrogens with two attached hydrogens (primary N) is 2. The quantitative estimate of drug-likeness (QED) is 0.368. The molecule has 0 atom stereocenters. The Bertz CT molecular complexity index is 328. The summed E-state index contributed by atoms with van der Waals surface area (Å²) < 4.78 is 9.48. The minimum absolute atomic E-state index is 0. The zero-order valence-corrected chi connectivity index (χ0v) is 12.5. The number of halogens is 1. The van der Waals surface area contributed by atoms with Crippen molar-refractivity contribution in [3.05, 3.63) is 0 Å². The summed E-state index contributed by atoms with van der Waals surface area (Å²) in [4.78, 5) is 44.0. The Labute approximate surface area is 128 Å². The highest BCUT2D eigenvalue weighted by Gasteiger charge is 2.09. The number of hydrogen-bond acceptors (Lipinski definition) is 8. The lowest BCUT2D eigenvalue weighted by Crippen LogP contribution is -2.18. The third-order valence-corrected chi connectivity index (χ3v) is 2.28. The minimum Gasteiger partial charge on any atom is -0.462 e. The normalized spacial score (nSPS) is 9.43. The van der Waals surface area contributed by atoms with Crippen molar-refractivity contribution in [3.8, 4) is 0 Å². The Hall–Kier alpha value is -1.51. The van der Waals surface area contributed by atoms with E-state index in [2.05, 4.69) is 0 Å². The number of carbonyl (C=O) groups is 4. The molecule has 4 N–H and O–H groups in total. The Morgan fingerprint density at radius 2 is 1.00 bits per heavy atom. The van der Waals surface area contributed by atoms with Crippen LogP contribution in [0.3, 0.4) is 0 Å². The molecule has 9 heteroatoms. The van der Waals surface area contributed by atoms with Gasteiger partial charge in [0.15, 0.2) is 0 Å². The summed E-state index contributed by atoms with van der Waals surface area (Å²) in [5.41, 5.74) is 10.2.